The minimum absolute atomic E-state index is 0.368. The van der Waals surface area contributed by atoms with Gasteiger partial charge in [-0.1, -0.05) is 35.9 Å². The zero-order chi connectivity index (χ0) is 16.3. The average Bonchev–Trinajstić information content (AvgIpc) is 2.95. The van der Waals surface area contributed by atoms with Crippen LogP contribution in [0.4, 0.5) is 0 Å². The zero-order valence-electron chi connectivity index (χ0n) is 13.6. The maximum absolute atomic E-state index is 9.13. The largest absolute Gasteiger partial charge is 0.361 e. The van der Waals surface area contributed by atoms with Crippen molar-refractivity contribution >= 4 is 11.8 Å². The van der Waals surface area contributed by atoms with Crippen LogP contribution in [0.15, 0.2) is 42.5 Å². The van der Waals surface area contributed by atoms with E-state index in [1.807, 2.05) is 23.9 Å². The minimum Gasteiger partial charge on any atom is -0.361 e. The third-order valence-electron chi connectivity index (χ3n) is 4.54. The van der Waals surface area contributed by atoms with Crippen LogP contribution in [0.2, 0.25) is 0 Å². The van der Waals surface area contributed by atoms with Gasteiger partial charge in [-0.15, -0.1) is 0 Å². The van der Waals surface area contributed by atoms with Gasteiger partial charge in [0.05, 0.1) is 18.2 Å². The molecule has 0 spiro atoms. The van der Waals surface area contributed by atoms with Crippen LogP contribution in [-0.4, -0.2) is 12.0 Å². The maximum atomic E-state index is 9.13. The number of nitrogens with zero attached hydrogens (tertiary/aromatic N) is 1. The molecule has 0 unspecified atom stereocenters. The van der Waals surface area contributed by atoms with Crippen molar-refractivity contribution in [3.63, 3.8) is 0 Å². The Hall–Kier alpha value is -1.76. The van der Waals surface area contributed by atoms with E-state index in [9.17, 15) is 0 Å². The monoisotopic (exact) mass is 323 g/mol. The lowest BCUT2D eigenvalue weighted by molar-refractivity contribution is -0.0119. The van der Waals surface area contributed by atoms with Gasteiger partial charge in [-0.2, -0.15) is 17.0 Å². The molecule has 2 aromatic rings. The predicted octanol–water partition coefficient (Wildman–Crippen LogP) is 4.78. The lowest BCUT2D eigenvalue weighted by Crippen LogP contribution is -2.27. The maximum Gasteiger partial charge on any atom is 0.119 e. The van der Waals surface area contributed by atoms with Crippen molar-refractivity contribution in [2.45, 2.75) is 32.0 Å². The normalized spacial score (nSPS) is 19.3. The fraction of sp³-hybridized carbons (Fsp3) is 0.350. The number of hydrogen-bond donors (Lipinski definition) is 0. The molecule has 1 atom stereocenters. The SMILES string of the molecule is CSCCC[C@@]1(c2ccc(C)cc2)OCc2cc(C#N)ccc21. The lowest BCUT2D eigenvalue weighted by atomic mass is 9.81. The summed E-state index contributed by atoms with van der Waals surface area (Å²) in [7, 11) is 0. The molecule has 2 nitrogen and oxygen atoms in total. The van der Waals surface area contributed by atoms with Crippen LogP contribution in [-0.2, 0) is 16.9 Å². The predicted molar refractivity (Wildman–Crippen MR) is 95.5 cm³/mol. The smallest absolute Gasteiger partial charge is 0.119 e. The Morgan fingerprint density at radius 3 is 2.70 bits per heavy atom. The van der Waals surface area contributed by atoms with E-state index in [0.717, 1.165) is 24.2 Å². The fourth-order valence-electron chi connectivity index (χ4n) is 3.33. The highest BCUT2D eigenvalue weighted by Crippen LogP contribution is 2.45. The highest BCUT2D eigenvalue weighted by Gasteiger charge is 2.41. The van der Waals surface area contributed by atoms with E-state index in [-0.39, 0.29) is 5.60 Å². The molecule has 2 aromatic carbocycles. The Balaban J connectivity index is 2.05. The van der Waals surface area contributed by atoms with Crippen molar-refractivity contribution in [2.75, 3.05) is 12.0 Å². The summed E-state index contributed by atoms with van der Waals surface area (Å²) in [4.78, 5) is 0. The number of ether oxygens (including phenoxy) is 1. The summed E-state index contributed by atoms with van der Waals surface area (Å²) in [6.45, 7) is 2.69. The van der Waals surface area contributed by atoms with Crippen LogP contribution in [0.3, 0.4) is 0 Å². The van der Waals surface area contributed by atoms with Crippen molar-refractivity contribution in [3.05, 3.63) is 70.3 Å². The van der Waals surface area contributed by atoms with Gasteiger partial charge in [0.1, 0.15) is 5.60 Å². The molecule has 0 aromatic heterocycles. The van der Waals surface area contributed by atoms with Crippen molar-refractivity contribution in [1.82, 2.24) is 0 Å². The van der Waals surface area contributed by atoms with Crippen LogP contribution in [0, 0.1) is 18.3 Å². The van der Waals surface area contributed by atoms with Gasteiger partial charge in [-0.25, -0.2) is 0 Å². The van der Waals surface area contributed by atoms with Crippen LogP contribution < -0.4 is 0 Å². The molecule has 0 radical (unpaired) electrons. The number of rotatable bonds is 5. The first-order valence-electron chi connectivity index (χ1n) is 7.93. The van der Waals surface area contributed by atoms with Gasteiger partial charge in [-0.05, 0) is 60.6 Å². The molecular weight excluding hydrogens is 302 g/mol. The number of hydrogen-bond acceptors (Lipinski definition) is 3. The Kier molecular flexibility index (Phi) is 4.75. The second-order valence-electron chi connectivity index (χ2n) is 6.06. The van der Waals surface area contributed by atoms with Crippen LogP contribution >= 0.6 is 11.8 Å². The van der Waals surface area contributed by atoms with Gasteiger partial charge < -0.3 is 4.74 Å². The summed E-state index contributed by atoms with van der Waals surface area (Å²) >= 11 is 1.87. The average molecular weight is 323 g/mol. The molecule has 0 saturated heterocycles. The van der Waals surface area contributed by atoms with E-state index in [2.05, 4.69) is 49.6 Å². The molecule has 1 heterocycles. The molecule has 1 aliphatic heterocycles. The molecule has 0 saturated carbocycles. The third kappa shape index (κ3) is 3.02. The molecule has 0 N–H and O–H groups in total. The Bertz CT molecular complexity index is 732. The second-order valence-corrected chi connectivity index (χ2v) is 7.05. The van der Waals surface area contributed by atoms with E-state index < -0.39 is 0 Å². The molecule has 118 valence electrons. The van der Waals surface area contributed by atoms with Gasteiger partial charge >= 0.3 is 0 Å². The van der Waals surface area contributed by atoms with Gasteiger partial charge in [0.2, 0.25) is 0 Å². The van der Waals surface area contributed by atoms with Gasteiger partial charge in [-0.3, -0.25) is 0 Å². The number of aryl methyl sites for hydroxylation is 1. The van der Waals surface area contributed by atoms with Gasteiger partial charge in [0.25, 0.3) is 0 Å². The van der Waals surface area contributed by atoms with Crippen LogP contribution in [0.1, 0.15) is 40.7 Å². The first kappa shape index (κ1) is 16.1. The standard InChI is InChI=1S/C20H21NOS/c1-15-4-7-18(8-5-15)20(10-3-11-23-2)19-9-6-16(13-21)12-17(19)14-22-20/h4-9,12H,3,10-11,14H2,1-2H3/t20-/m0/s1. The van der Waals surface area contributed by atoms with E-state index in [1.54, 1.807) is 0 Å². The molecule has 0 fully saturated rings. The molecule has 3 heteroatoms. The van der Waals surface area contributed by atoms with Crippen LogP contribution in [0.5, 0.6) is 0 Å². The first-order valence-corrected chi connectivity index (χ1v) is 9.32. The highest BCUT2D eigenvalue weighted by molar-refractivity contribution is 7.98. The highest BCUT2D eigenvalue weighted by atomic mass is 32.2. The molecule has 3 rings (SSSR count). The van der Waals surface area contributed by atoms with E-state index >= 15 is 0 Å². The van der Waals surface area contributed by atoms with Crippen molar-refractivity contribution in [1.29, 1.82) is 5.26 Å². The molecule has 23 heavy (non-hydrogen) atoms. The number of thioether (sulfide) groups is 1. The summed E-state index contributed by atoms with van der Waals surface area (Å²) in [6.07, 6.45) is 4.21. The second kappa shape index (κ2) is 6.78. The fourth-order valence-corrected chi connectivity index (χ4v) is 3.77. The molecule has 0 bridgehead atoms. The number of fused-ring (bicyclic) bond motifs is 1. The topological polar surface area (TPSA) is 33.0 Å². The summed E-state index contributed by atoms with van der Waals surface area (Å²) in [6, 6.07) is 16.9. The summed E-state index contributed by atoms with van der Waals surface area (Å²) in [5, 5.41) is 9.13. The van der Waals surface area contributed by atoms with E-state index in [0.29, 0.717) is 12.2 Å². The Morgan fingerprint density at radius 1 is 1.22 bits per heavy atom. The van der Waals surface area contributed by atoms with Gasteiger partial charge in [0, 0.05) is 0 Å². The lowest BCUT2D eigenvalue weighted by Gasteiger charge is -2.30. The number of nitriles is 1. The van der Waals surface area contributed by atoms with Crippen molar-refractivity contribution in [3.8, 4) is 6.07 Å². The molecule has 0 amide bonds. The van der Waals surface area contributed by atoms with Crippen LogP contribution in [0.25, 0.3) is 0 Å². The molecule has 1 aliphatic rings. The molecule has 0 aliphatic carbocycles. The summed E-state index contributed by atoms with van der Waals surface area (Å²) in [5.74, 6) is 1.13. The van der Waals surface area contributed by atoms with E-state index in [1.165, 1.54) is 16.7 Å². The first-order chi connectivity index (χ1) is 11.2. The van der Waals surface area contributed by atoms with Crippen molar-refractivity contribution in [2.24, 2.45) is 0 Å². The van der Waals surface area contributed by atoms with Gasteiger partial charge in [0.15, 0.2) is 0 Å². The quantitative estimate of drug-likeness (QED) is 0.742. The Morgan fingerprint density at radius 2 is 2.00 bits per heavy atom. The minimum atomic E-state index is -0.368. The zero-order valence-corrected chi connectivity index (χ0v) is 14.5. The summed E-state index contributed by atoms with van der Waals surface area (Å²) < 4.78 is 6.36. The van der Waals surface area contributed by atoms with Crippen molar-refractivity contribution < 1.29 is 4.74 Å². The van der Waals surface area contributed by atoms with E-state index in [4.69, 9.17) is 10.00 Å². The third-order valence-corrected chi connectivity index (χ3v) is 5.24. The molecular formula is C20H21NOS. The summed E-state index contributed by atoms with van der Waals surface area (Å²) in [5.41, 5.74) is 5.18. The Labute approximate surface area is 142 Å². The number of benzene rings is 2.